The number of carbonyl (C=O) groups excluding carboxylic acids is 1. The number of hydrogen-bond acceptors (Lipinski definition) is 9. The molecule has 1 fully saturated rings. The molecule has 0 amide bonds. The van der Waals surface area contributed by atoms with E-state index in [1.165, 1.54) is 11.3 Å². The number of benzene rings is 2. The van der Waals surface area contributed by atoms with Gasteiger partial charge in [-0.1, -0.05) is 29.5 Å². The van der Waals surface area contributed by atoms with Crippen LogP contribution in [0.5, 0.6) is 0 Å². The second kappa shape index (κ2) is 9.79. The minimum atomic E-state index is -0.664. The fourth-order valence-electron chi connectivity index (χ4n) is 4.84. The molecule has 4 heterocycles. The fraction of sp³-hybridized carbons (Fsp3) is 0.214. The summed E-state index contributed by atoms with van der Waals surface area (Å²) in [6.07, 6.45) is 3.34. The lowest BCUT2D eigenvalue weighted by atomic mass is 10.1. The minimum absolute atomic E-state index is 0.0465. The Morgan fingerprint density at radius 1 is 1.05 bits per heavy atom. The van der Waals surface area contributed by atoms with Crippen molar-refractivity contribution >= 4 is 55.6 Å². The van der Waals surface area contributed by atoms with E-state index >= 15 is 0 Å². The third-order valence-electron chi connectivity index (χ3n) is 6.73. The van der Waals surface area contributed by atoms with Gasteiger partial charge in [0.2, 0.25) is 5.43 Å². The number of ether oxygens (including phenoxy) is 1. The number of piperazine rings is 1. The van der Waals surface area contributed by atoms with E-state index in [1.807, 2.05) is 48.5 Å². The summed E-state index contributed by atoms with van der Waals surface area (Å²) in [5.41, 5.74) is 8.88. The second-order valence-electron chi connectivity index (χ2n) is 9.02. The van der Waals surface area contributed by atoms with Gasteiger partial charge in [0.05, 0.1) is 33.7 Å². The maximum atomic E-state index is 13.4. The summed E-state index contributed by atoms with van der Waals surface area (Å²) < 4.78 is 8.00. The van der Waals surface area contributed by atoms with Crippen LogP contribution in [0.15, 0.2) is 71.8 Å². The van der Waals surface area contributed by atoms with Crippen molar-refractivity contribution in [1.82, 2.24) is 14.5 Å². The van der Waals surface area contributed by atoms with Crippen LogP contribution in [0.2, 0.25) is 0 Å². The van der Waals surface area contributed by atoms with E-state index in [9.17, 15) is 9.59 Å². The molecule has 9 nitrogen and oxygen atoms in total. The zero-order valence-electron chi connectivity index (χ0n) is 20.8. The highest BCUT2D eigenvalue weighted by molar-refractivity contribution is 7.20. The molecule has 0 atom stereocenters. The van der Waals surface area contributed by atoms with Crippen molar-refractivity contribution in [3.63, 3.8) is 0 Å². The number of nitrogens with two attached hydrogens (primary N) is 1. The Labute approximate surface area is 222 Å². The van der Waals surface area contributed by atoms with Gasteiger partial charge in [0.1, 0.15) is 11.4 Å². The minimum Gasteiger partial charge on any atom is -0.462 e. The van der Waals surface area contributed by atoms with Crippen molar-refractivity contribution in [2.45, 2.75) is 6.92 Å². The molecular formula is C28H26N6O3S. The highest BCUT2D eigenvalue weighted by Crippen LogP contribution is 2.33. The molecule has 10 heteroatoms. The summed E-state index contributed by atoms with van der Waals surface area (Å²) in [6.45, 7) is 4.96. The van der Waals surface area contributed by atoms with E-state index in [-0.39, 0.29) is 12.2 Å². The molecule has 38 heavy (non-hydrogen) atoms. The number of hydrogen-bond donors (Lipinski definition) is 1. The number of thiazole rings is 1. The largest absolute Gasteiger partial charge is 0.462 e. The number of para-hydroxylation sites is 1. The lowest BCUT2D eigenvalue weighted by molar-refractivity contribution is 0.0524. The van der Waals surface area contributed by atoms with Gasteiger partial charge in [-0.15, -0.1) is 0 Å². The van der Waals surface area contributed by atoms with Gasteiger partial charge in [-0.2, -0.15) is 0 Å². The predicted octanol–water partition coefficient (Wildman–Crippen LogP) is 4.08. The molecule has 3 aromatic heterocycles. The number of carbonyl (C=O) groups is 1. The van der Waals surface area contributed by atoms with Gasteiger partial charge in [-0.05, 0) is 43.3 Å². The zero-order chi connectivity index (χ0) is 26.2. The Hall–Kier alpha value is -4.44. The molecule has 0 saturated carbocycles. The number of nitrogen functional groups attached to an aromatic ring is 1. The SMILES string of the molecule is CCOC(=O)c1cn(-c2nc3ccccc3s2)c2cc(N3CCN(c4ccccn4)CC3)c(N)cc2c1=O. The topological polar surface area (TPSA) is 107 Å². The first-order valence-corrected chi connectivity index (χ1v) is 13.3. The monoisotopic (exact) mass is 526 g/mol. The summed E-state index contributed by atoms with van der Waals surface area (Å²) in [7, 11) is 0. The van der Waals surface area contributed by atoms with E-state index in [4.69, 9.17) is 15.5 Å². The van der Waals surface area contributed by atoms with Crippen LogP contribution in [0.4, 0.5) is 17.2 Å². The highest BCUT2D eigenvalue weighted by Gasteiger charge is 2.24. The molecule has 2 aromatic carbocycles. The van der Waals surface area contributed by atoms with Crippen LogP contribution in [0.3, 0.4) is 0 Å². The first-order valence-electron chi connectivity index (χ1n) is 12.5. The van der Waals surface area contributed by atoms with Gasteiger partial charge >= 0.3 is 5.97 Å². The molecule has 0 unspecified atom stereocenters. The molecular weight excluding hydrogens is 500 g/mol. The van der Waals surface area contributed by atoms with E-state index in [0.717, 1.165) is 47.9 Å². The average molecular weight is 527 g/mol. The molecule has 0 spiro atoms. The van der Waals surface area contributed by atoms with Crippen molar-refractivity contribution in [1.29, 1.82) is 0 Å². The van der Waals surface area contributed by atoms with E-state index < -0.39 is 11.4 Å². The van der Waals surface area contributed by atoms with Gasteiger partial charge in [0.25, 0.3) is 0 Å². The molecule has 5 aromatic rings. The number of esters is 1. The molecule has 1 aliphatic rings. The van der Waals surface area contributed by atoms with Crippen LogP contribution in [0.1, 0.15) is 17.3 Å². The number of aromatic nitrogens is 3. The zero-order valence-corrected chi connectivity index (χ0v) is 21.6. The maximum Gasteiger partial charge on any atom is 0.343 e. The summed E-state index contributed by atoms with van der Waals surface area (Å²) in [5.74, 6) is 0.289. The third kappa shape index (κ3) is 4.22. The van der Waals surface area contributed by atoms with Crippen LogP contribution in [-0.2, 0) is 4.74 Å². The summed E-state index contributed by atoms with van der Waals surface area (Å²) >= 11 is 1.49. The summed E-state index contributed by atoms with van der Waals surface area (Å²) in [4.78, 5) is 39.9. The lowest BCUT2D eigenvalue weighted by Gasteiger charge is -2.37. The van der Waals surface area contributed by atoms with Crippen LogP contribution in [-0.4, -0.2) is 53.3 Å². The quantitative estimate of drug-likeness (QED) is 0.270. The Balaban J connectivity index is 1.46. The predicted molar refractivity (Wildman–Crippen MR) is 152 cm³/mol. The number of nitrogens with zero attached hydrogens (tertiary/aromatic N) is 5. The van der Waals surface area contributed by atoms with Crippen molar-refractivity contribution < 1.29 is 9.53 Å². The van der Waals surface area contributed by atoms with Crippen LogP contribution in [0, 0.1) is 0 Å². The van der Waals surface area contributed by atoms with Gasteiger partial charge < -0.3 is 20.3 Å². The first-order chi connectivity index (χ1) is 18.5. The number of pyridine rings is 2. The first kappa shape index (κ1) is 23.9. The Bertz CT molecular complexity index is 1670. The molecule has 1 aliphatic heterocycles. The molecule has 192 valence electrons. The Morgan fingerprint density at radius 3 is 2.55 bits per heavy atom. The van der Waals surface area contributed by atoms with Crippen LogP contribution >= 0.6 is 11.3 Å². The van der Waals surface area contributed by atoms with E-state index in [0.29, 0.717) is 21.7 Å². The Kier molecular flexibility index (Phi) is 6.16. The van der Waals surface area contributed by atoms with E-state index in [1.54, 1.807) is 30.0 Å². The van der Waals surface area contributed by atoms with Gasteiger partial charge in [-0.3, -0.25) is 9.36 Å². The molecule has 6 rings (SSSR count). The number of anilines is 3. The van der Waals surface area contributed by atoms with E-state index in [2.05, 4.69) is 14.8 Å². The van der Waals surface area contributed by atoms with Gasteiger partial charge in [-0.25, -0.2) is 14.8 Å². The molecule has 0 aliphatic carbocycles. The molecule has 1 saturated heterocycles. The van der Waals surface area contributed by atoms with Gasteiger partial charge in [0, 0.05) is 44.0 Å². The lowest BCUT2D eigenvalue weighted by Crippen LogP contribution is -2.47. The summed E-state index contributed by atoms with van der Waals surface area (Å²) in [6, 6.07) is 17.3. The molecule has 2 N–H and O–H groups in total. The van der Waals surface area contributed by atoms with Crippen molar-refractivity contribution in [2.24, 2.45) is 0 Å². The highest BCUT2D eigenvalue weighted by atomic mass is 32.1. The smallest absolute Gasteiger partial charge is 0.343 e. The van der Waals surface area contributed by atoms with Crippen LogP contribution < -0.4 is 21.0 Å². The average Bonchev–Trinajstić information content (AvgIpc) is 3.38. The van der Waals surface area contributed by atoms with Crippen molar-refractivity contribution in [3.05, 3.63) is 82.8 Å². The third-order valence-corrected chi connectivity index (χ3v) is 7.77. The van der Waals surface area contributed by atoms with Crippen molar-refractivity contribution in [2.75, 3.05) is 48.3 Å². The second-order valence-corrected chi connectivity index (χ2v) is 10.0. The number of fused-ring (bicyclic) bond motifs is 2. The van der Waals surface area contributed by atoms with Crippen LogP contribution in [0.25, 0.3) is 26.3 Å². The maximum absolute atomic E-state index is 13.4. The van der Waals surface area contributed by atoms with Gasteiger partial charge in [0.15, 0.2) is 5.13 Å². The molecule has 0 radical (unpaired) electrons. The Morgan fingerprint density at radius 2 is 1.82 bits per heavy atom. The van der Waals surface area contributed by atoms with Crippen molar-refractivity contribution in [3.8, 4) is 5.13 Å². The summed E-state index contributed by atoms with van der Waals surface area (Å²) in [5, 5.41) is 1.00. The standard InChI is InChI=1S/C28H26N6O3S/c1-2-37-27(36)19-17-34(28-31-21-7-3-4-8-24(21)38-28)22-16-23(20(29)15-18(22)26(19)35)32-11-13-33(14-12-32)25-9-5-6-10-30-25/h3-10,15-17H,2,11-14,29H2,1H3. The normalized spacial score (nSPS) is 13.8. The number of rotatable bonds is 5. The molecule has 0 bridgehead atoms. The fourth-order valence-corrected chi connectivity index (χ4v) is 5.80.